The highest BCUT2D eigenvalue weighted by Crippen LogP contribution is 2.06. The summed E-state index contributed by atoms with van der Waals surface area (Å²) in [6.45, 7) is 0. The van der Waals surface area contributed by atoms with Gasteiger partial charge >= 0.3 is 5.97 Å². The minimum Gasteiger partial charge on any atom is -0.480 e. The molecule has 0 bridgehead atoms. The van der Waals surface area contributed by atoms with E-state index in [0.29, 0.717) is 12.8 Å². The number of carboxylic acid groups (broad SMARTS) is 1. The van der Waals surface area contributed by atoms with Gasteiger partial charge in [-0.15, -0.1) is 0 Å². The molecule has 0 aliphatic heterocycles. The Morgan fingerprint density at radius 2 is 1.95 bits per heavy atom. The van der Waals surface area contributed by atoms with E-state index in [2.05, 4.69) is 0 Å². The van der Waals surface area contributed by atoms with Crippen LogP contribution in [0.2, 0.25) is 0 Å². The third-order valence-electron chi connectivity index (χ3n) is 2.66. The first-order valence-electron chi connectivity index (χ1n) is 6.03. The number of hydrogen-bond donors (Lipinski definition) is 3. The van der Waals surface area contributed by atoms with E-state index in [4.69, 9.17) is 10.3 Å². The average molecular weight is 280 g/mol. The van der Waals surface area contributed by atoms with Crippen molar-refractivity contribution in [2.75, 3.05) is 0 Å². The summed E-state index contributed by atoms with van der Waals surface area (Å²) in [6.07, 6.45) is 1.13. The number of carbonyl (C=O) groups excluding carboxylic acids is 2. The molecule has 20 heavy (non-hydrogen) atoms. The molecular formula is C13H16N2O5. The zero-order valence-electron chi connectivity index (χ0n) is 10.7. The third-order valence-corrected chi connectivity index (χ3v) is 2.66. The number of nitrogens with one attached hydrogen (secondary N) is 1. The van der Waals surface area contributed by atoms with E-state index in [1.54, 1.807) is 0 Å². The molecule has 1 atom stereocenters. The van der Waals surface area contributed by atoms with Crippen molar-refractivity contribution in [3.63, 3.8) is 0 Å². The first-order valence-corrected chi connectivity index (χ1v) is 6.03. The van der Waals surface area contributed by atoms with E-state index >= 15 is 0 Å². The number of hydrogen-bond acceptors (Lipinski definition) is 5. The molecule has 0 spiro atoms. The van der Waals surface area contributed by atoms with Crippen molar-refractivity contribution in [2.45, 2.75) is 25.3 Å². The molecule has 0 saturated carbocycles. The molecule has 0 aliphatic rings. The van der Waals surface area contributed by atoms with Gasteiger partial charge < -0.3 is 5.11 Å². The van der Waals surface area contributed by atoms with Crippen LogP contribution >= 0.6 is 0 Å². The maximum absolute atomic E-state index is 11.7. The molecule has 1 rings (SSSR count). The van der Waals surface area contributed by atoms with Crippen LogP contribution in [0.15, 0.2) is 30.3 Å². The average Bonchev–Trinajstić information content (AvgIpc) is 2.45. The van der Waals surface area contributed by atoms with E-state index in [-0.39, 0.29) is 18.0 Å². The number of hydroxylamine groups is 1. The molecule has 0 radical (unpaired) electrons. The Morgan fingerprint density at radius 1 is 1.30 bits per heavy atom. The van der Waals surface area contributed by atoms with Crippen molar-refractivity contribution < 1.29 is 24.7 Å². The lowest BCUT2D eigenvalue weighted by molar-refractivity contribution is -0.173. The number of ketones is 1. The largest absolute Gasteiger partial charge is 0.480 e. The van der Waals surface area contributed by atoms with E-state index in [0.717, 1.165) is 5.56 Å². The summed E-state index contributed by atoms with van der Waals surface area (Å²) in [5.74, 6) is -2.05. The number of rotatable bonds is 9. The Kier molecular flexibility index (Phi) is 6.34. The molecule has 0 aliphatic carbocycles. The Bertz CT molecular complexity index is 463. The molecule has 0 fully saturated rings. The van der Waals surface area contributed by atoms with Gasteiger partial charge in [0, 0.05) is 6.42 Å². The summed E-state index contributed by atoms with van der Waals surface area (Å²) in [4.78, 5) is 32.8. The lowest BCUT2D eigenvalue weighted by Crippen LogP contribution is -2.50. The third kappa shape index (κ3) is 5.17. The van der Waals surface area contributed by atoms with Crippen molar-refractivity contribution >= 4 is 18.2 Å². The predicted octanol–water partition coefficient (Wildman–Crippen LogP) is 0.384. The minimum atomic E-state index is -1.64. The van der Waals surface area contributed by atoms with E-state index in [1.807, 2.05) is 35.8 Å². The van der Waals surface area contributed by atoms with Gasteiger partial charge in [0.15, 0.2) is 11.8 Å². The highest BCUT2D eigenvalue weighted by molar-refractivity contribution is 6.02. The molecule has 0 saturated heterocycles. The molecule has 1 aromatic carbocycles. The molecule has 1 amide bonds. The monoisotopic (exact) mass is 280 g/mol. The van der Waals surface area contributed by atoms with Crippen LogP contribution in [0.3, 0.4) is 0 Å². The smallest absolute Gasteiger partial charge is 0.330 e. The van der Waals surface area contributed by atoms with E-state index in [9.17, 15) is 14.4 Å². The molecule has 3 N–H and O–H groups in total. The summed E-state index contributed by atoms with van der Waals surface area (Å²) in [7, 11) is 0. The zero-order chi connectivity index (χ0) is 15.0. The van der Waals surface area contributed by atoms with Crippen LogP contribution in [0.25, 0.3) is 0 Å². The summed E-state index contributed by atoms with van der Waals surface area (Å²) in [6, 6.07) is 7.84. The summed E-state index contributed by atoms with van der Waals surface area (Å²) in [5, 5.41) is 17.7. The van der Waals surface area contributed by atoms with E-state index < -0.39 is 17.8 Å². The highest BCUT2D eigenvalue weighted by atomic mass is 16.5. The molecule has 108 valence electrons. The maximum atomic E-state index is 11.7. The zero-order valence-corrected chi connectivity index (χ0v) is 10.7. The number of amides is 1. The van der Waals surface area contributed by atoms with Crippen molar-refractivity contribution in [2.24, 2.45) is 0 Å². The summed E-state index contributed by atoms with van der Waals surface area (Å²) >= 11 is 0. The molecule has 1 aromatic rings. The Hall–Kier alpha value is -2.25. The number of nitrogens with zero attached hydrogens (tertiary/aromatic N) is 1. The van der Waals surface area contributed by atoms with Gasteiger partial charge in [0.05, 0.1) is 0 Å². The van der Waals surface area contributed by atoms with Gasteiger partial charge in [-0.2, -0.15) is 10.6 Å². The molecule has 7 heteroatoms. The first kappa shape index (κ1) is 15.8. The van der Waals surface area contributed by atoms with Gasteiger partial charge in [-0.1, -0.05) is 30.3 Å². The Balaban J connectivity index is 2.46. The predicted molar refractivity (Wildman–Crippen MR) is 68.6 cm³/mol. The quantitative estimate of drug-likeness (QED) is 0.261. The second-order valence-electron chi connectivity index (χ2n) is 4.16. The summed E-state index contributed by atoms with van der Waals surface area (Å²) in [5.41, 5.74) is 2.94. The fourth-order valence-electron chi connectivity index (χ4n) is 1.68. The number of benzene rings is 1. The molecular weight excluding hydrogens is 264 g/mol. The van der Waals surface area contributed by atoms with Crippen LogP contribution in [0.1, 0.15) is 18.4 Å². The standard InChI is InChI=1S/C13H16N2O5/c16-9-15(20)14-12(13(18)19)11(17)8-4-7-10-5-2-1-3-6-10/h1-3,5-6,9,12,14,20H,4,7-8H2,(H,18,19). The van der Waals surface area contributed by atoms with Gasteiger partial charge in [-0.05, 0) is 18.4 Å². The van der Waals surface area contributed by atoms with Gasteiger partial charge in [0.2, 0.25) is 6.41 Å². The SMILES string of the molecule is O=CN(O)NC(C(=O)O)C(=O)CCCc1ccccc1. The fourth-order valence-corrected chi connectivity index (χ4v) is 1.68. The second kappa shape index (κ2) is 8.03. The number of aryl methyl sites for hydroxylation is 1. The number of carboxylic acids is 1. The maximum Gasteiger partial charge on any atom is 0.330 e. The number of carbonyl (C=O) groups is 3. The Labute approximate surface area is 115 Å². The van der Waals surface area contributed by atoms with Crippen LogP contribution in [-0.4, -0.2) is 39.7 Å². The number of Topliss-reactive ketones (excluding diaryl/α,β-unsaturated/α-hetero) is 1. The van der Waals surface area contributed by atoms with Crippen molar-refractivity contribution in [1.82, 2.24) is 10.6 Å². The van der Waals surface area contributed by atoms with Crippen molar-refractivity contribution in [1.29, 1.82) is 0 Å². The van der Waals surface area contributed by atoms with Crippen LogP contribution in [0.4, 0.5) is 0 Å². The Morgan fingerprint density at radius 3 is 2.50 bits per heavy atom. The molecule has 1 unspecified atom stereocenters. The van der Waals surface area contributed by atoms with Gasteiger partial charge in [-0.25, -0.2) is 4.79 Å². The normalized spacial score (nSPS) is 11.7. The molecule has 0 aromatic heterocycles. The van der Waals surface area contributed by atoms with Gasteiger partial charge in [0.1, 0.15) is 0 Å². The molecule has 7 nitrogen and oxygen atoms in total. The number of aliphatic carboxylic acids is 1. The van der Waals surface area contributed by atoms with Crippen molar-refractivity contribution in [3.8, 4) is 0 Å². The van der Waals surface area contributed by atoms with Crippen molar-refractivity contribution in [3.05, 3.63) is 35.9 Å². The van der Waals surface area contributed by atoms with Crippen LogP contribution in [0, 0.1) is 0 Å². The minimum absolute atomic E-state index is 0.0333. The van der Waals surface area contributed by atoms with Crippen LogP contribution in [-0.2, 0) is 20.8 Å². The van der Waals surface area contributed by atoms with Gasteiger partial charge in [0.25, 0.3) is 0 Å². The van der Waals surface area contributed by atoms with Crippen LogP contribution < -0.4 is 5.43 Å². The number of hydrazine groups is 1. The lowest BCUT2D eigenvalue weighted by Gasteiger charge is -2.16. The molecule has 0 heterocycles. The fraction of sp³-hybridized carbons (Fsp3) is 0.308. The van der Waals surface area contributed by atoms with Crippen LogP contribution in [0.5, 0.6) is 0 Å². The summed E-state index contributed by atoms with van der Waals surface area (Å²) < 4.78 is 0. The lowest BCUT2D eigenvalue weighted by atomic mass is 10.0. The first-order chi connectivity index (χ1) is 9.54. The second-order valence-corrected chi connectivity index (χ2v) is 4.16. The highest BCUT2D eigenvalue weighted by Gasteiger charge is 2.26. The topological polar surface area (TPSA) is 107 Å². The van der Waals surface area contributed by atoms with E-state index in [1.165, 1.54) is 0 Å². The van der Waals surface area contributed by atoms with Gasteiger partial charge in [-0.3, -0.25) is 14.8 Å².